The Morgan fingerprint density at radius 1 is 1.53 bits per heavy atom. The van der Waals surface area contributed by atoms with Crippen LogP contribution in [0, 0.1) is 5.92 Å². The third-order valence-electron chi connectivity index (χ3n) is 3.28. The maximum Gasteiger partial charge on any atom is 0.0666 e. The SMILES string of the molecule is CCc1nn(C)cc1CNC1CC(C)C1. The molecule has 0 bridgehead atoms. The number of rotatable bonds is 4. The second-order valence-corrected chi connectivity index (χ2v) is 4.78. The summed E-state index contributed by atoms with van der Waals surface area (Å²) in [5.41, 5.74) is 2.59. The fraction of sp³-hybridized carbons (Fsp3) is 0.750. The van der Waals surface area contributed by atoms with Crippen molar-refractivity contribution in [3.63, 3.8) is 0 Å². The van der Waals surface area contributed by atoms with E-state index in [-0.39, 0.29) is 0 Å². The lowest BCUT2D eigenvalue weighted by molar-refractivity contribution is 0.240. The maximum atomic E-state index is 4.44. The van der Waals surface area contributed by atoms with Crippen molar-refractivity contribution in [1.82, 2.24) is 15.1 Å². The molecule has 1 heterocycles. The van der Waals surface area contributed by atoms with Crippen molar-refractivity contribution in [2.75, 3.05) is 0 Å². The van der Waals surface area contributed by atoms with Crippen LogP contribution in [-0.4, -0.2) is 15.8 Å². The van der Waals surface area contributed by atoms with Crippen LogP contribution >= 0.6 is 0 Å². The molecule has 0 spiro atoms. The largest absolute Gasteiger partial charge is 0.310 e. The second-order valence-electron chi connectivity index (χ2n) is 4.78. The van der Waals surface area contributed by atoms with Gasteiger partial charge >= 0.3 is 0 Å². The highest BCUT2D eigenvalue weighted by Crippen LogP contribution is 2.26. The highest BCUT2D eigenvalue weighted by Gasteiger charge is 2.24. The zero-order valence-electron chi connectivity index (χ0n) is 9.95. The van der Waals surface area contributed by atoms with E-state index in [1.54, 1.807) is 0 Å². The van der Waals surface area contributed by atoms with Gasteiger partial charge in [-0.2, -0.15) is 5.10 Å². The average Bonchev–Trinajstić information content (AvgIpc) is 2.52. The summed E-state index contributed by atoms with van der Waals surface area (Å²) in [7, 11) is 1.99. The minimum Gasteiger partial charge on any atom is -0.310 e. The standard InChI is InChI=1S/C12H21N3/c1-4-12-10(8-15(3)14-12)7-13-11-5-9(2)6-11/h8-9,11,13H,4-7H2,1-3H3. The zero-order valence-corrected chi connectivity index (χ0v) is 9.95. The van der Waals surface area contributed by atoms with E-state index in [0.717, 1.165) is 24.9 Å². The molecule has 0 radical (unpaired) electrons. The van der Waals surface area contributed by atoms with E-state index in [4.69, 9.17) is 0 Å². The molecule has 3 nitrogen and oxygen atoms in total. The Balaban J connectivity index is 1.87. The predicted octanol–water partition coefficient (Wildman–Crippen LogP) is 1.87. The summed E-state index contributed by atoms with van der Waals surface area (Å²) in [6.45, 7) is 5.46. The van der Waals surface area contributed by atoms with Gasteiger partial charge in [0.05, 0.1) is 5.69 Å². The number of nitrogens with one attached hydrogen (secondary N) is 1. The number of nitrogens with zero attached hydrogens (tertiary/aromatic N) is 2. The first-order valence-electron chi connectivity index (χ1n) is 5.93. The highest BCUT2D eigenvalue weighted by molar-refractivity contribution is 5.16. The van der Waals surface area contributed by atoms with Crippen molar-refractivity contribution in [2.24, 2.45) is 13.0 Å². The van der Waals surface area contributed by atoms with Crippen molar-refractivity contribution >= 4 is 0 Å². The minimum atomic E-state index is 0.741. The lowest BCUT2D eigenvalue weighted by atomic mass is 9.82. The van der Waals surface area contributed by atoms with Crippen LogP contribution in [0.5, 0.6) is 0 Å². The van der Waals surface area contributed by atoms with Gasteiger partial charge in [-0.15, -0.1) is 0 Å². The third kappa shape index (κ3) is 2.40. The summed E-state index contributed by atoms with van der Waals surface area (Å²) in [5.74, 6) is 0.919. The lowest BCUT2D eigenvalue weighted by Gasteiger charge is -2.33. The Bertz CT molecular complexity index is 324. The van der Waals surface area contributed by atoms with Gasteiger partial charge in [-0.05, 0) is 25.2 Å². The van der Waals surface area contributed by atoms with Crippen LogP contribution in [0.4, 0.5) is 0 Å². The zero-order chi connectivity index (χ0) is 10.8. The van der Waals surface area contributed by atoms with Gasteiger partial charge in [-0.1, -0.05) is 13.8 Å². The lowest BCUT2D eigenvalue weighted by Crippen LogP contribution is -2.39. The molecule has 0 aliphatic heterocycles. The van der Waals surface area contributed by atoms with E-state index in [1.165, 1.54) is 24.1 Å². The number of hydrogen-bond acceptors (Lipinski definition) is 2. The Morgan fingerprint density at radius 3 is 2.87 bits per heavy atom. The smallest absolute Gasteiger partial charge is 0.0666 e. The predicted molar refractivity (Wildman–Crippen MR) is 61.6 cm³/mol. The summed E-state index contributed by atoms with van der Waals surface area (Å²) in [5, 5.41) is 8.04. The fourth-order valence-corrected chi connectivity index (χ4v) is 2.35. The number of aromatic nitrogens is 2. The molecule has 1 aromatic heterocycles. The van der Waals surface area contributed by atoms with Crippen LogP contribution in [0.2, 0.25) is 0 Å². The molecule has 0 aromatic carbocycles. The molecular weight excluding hydrogens is 186 g/mol. The molecule has 2 rings (SSSR count). The van der Waals surface area contributed by atoms with Crippen LogP contribution in [0.15, 0.2) is 6.20 Å². The van der Waals surface area contributed by atoms with Crippen molar-refractivity contribution < 1.29 is 0 Å². The van der Waals surface area contributed by atoms with Crippen molar-refractivity contribution in [3.8, 4) is 0 Å². The summed E-state index contributed by atoms with van der Waals surface area (Å²) >= 11 is 0. The van der Waals surface area contributed by atoms with Crippen LogP contribution < -0.4 is 5.32 Å². The third-order valence-corrected chi connectivity index (χ3v) is 3.28. The molecule has 0 saturated heterocycles. The van der Waals surface area contributed by atoms with Gasteiger partial charge in [0.2, 0.25) is 0 Å². The molecule has 1 saturated carbocycles. The Labute approximate surface area is 91.9 Å². The molecule has 1 aliphatic rings. The summed E-state index contributed by atoms with van der Waals surface area (Å²) in [4.78, 5) is 0. The van der Waals surface area contributed by atoms with Gasteiger partial charge in [0.15, 0.2) is 0 Å². The summed E-state index contributed by atoms with van der Waals surface area (Å²) in [6.07, 6.45) is 5.83. The first kappa shape index (κ1) is 10.7. The van der Waals surface area contributed by atoms with Gasteiger partial charge in [-0.25, -0.2) is 0 Å². The highest BCUT2D eigenvalue weighted by atomic mass is 15.3. The van der Waals surface area contributed by atoms with Crippen LogP contribution in [0.3, 0.4) is 0 Å². The second kappa shape index (κ2) is 4.35. The normalized spacial score (nSPS) is 25.3. The summed E-state index contributed by atoms with van der Waals surface area (Å²) < 4.78 is 1.92. The van der Waals surface area contributed by atoms with E-state index in [1.807, 2.05) is 11.7 Å². The maximum absolute atomic E-state index is 4.44. The minimum absolute atomic E-state index is 0.741. The van der Waals surface area contributed by atoms with Crippen molar-refractivity contribution in [1.29, 1.82) is 0 Å². The van der Waals surface area contributed by atoms with Crippen LogP contribution in [-0.2, 0) is 20.0 Å². The van der Waals surface area contributed by atoms with Crippen molar-refractivity contribution in [2.45, 2.75) is 45.7 Å². The first-order chi connectivity index (χ1) is 7.19. The van der Waals surface area contributed by atoms with E-state index >= 15 is 0 Å². The topological polar surface area (TPSA) is 29.9 Å². The molecule has 1 aliphatic carbocycles. The van der Waals surface area contributed by atoms with E-state index in [0.29, 0.717) is 0 Å². The molecule has 1 N–H and O–H groups in total. The quantitative estimate of drug-likeness (QED) is 0.817. The molecule has 84 valence electrons. The van der Waals surface area contributed by atoms with Gasteiger partial charge < -0.3 is 5.32 Å². The fourth-order valence-electron chi connectivity index (χ4n) is 2.35. The van der Waals surface area contributed by atoms with Gasteiger partial charge in [0.25, 0.3) is 0 Å². The van der Waals surface area contributed by atoms with E-state index < -0.39 is 0 Å². The van der Waals surface area contributed by atoms with Gasteiger partial charge in [0, 0.05) is 31.4 Å². The van der Waals surface area contributed by atoms with Crippen molar-refractivity contribution in [3.05, 3.63) is 17.5 Å². The van der Waals surface area contributed by atoms with Gasteiger partial charge in [-0.3, -0.25) is 4.68 Å². The molecule has 3 heteroatoms. The first-order valence-corrected chi connectivity index (χ1v) is 5.93. The molecule has 0 unspecified atom stereocenters. The van der Waals surface area contributed by atoms with Crippen LogP contribution in [0.1, 0.15) is 37.9 Å². The van der Waals surface area contributed by atoms with E-state index in [9.17, 15) is 0 Å². The monoisotopic (exact) mass is 207 g/mol. The average molecular weight is 207 g/mol. The molecule has 0 amide bonds. The molecule has 15 heavy (non-hydrogen) atoms. The Hall–Kier alpha value is -0.830. The molecule has 1 fully saturated rings. The molecular formula is C12H21N3. The Morgan fingerprint density at radius 2 is 2.27 bits per heavy atom. The van der Waals surface area contributed by atoms with Gasteiger partial charge in [0.1, 0.15) is 0 Å². The Kier molecular flexibility index (Phi) is 3.10. The molecule has 0 atom stereocenters. The number of aryl methyl sites for hydroxylation is 2. The van der Waals surface area contributed by atoms with Crippen LogP contribution in [0.25, 0.3) is 0 Å². The van der Waals surface area contributed by atoms with E-state index in [2.05, 4.69) is 30.5 Å². The number of hydrogen-bond donors (Lipinski definition) is 1. The summed E-state index contributed by atoms with van der Waals surface area (Å²) in [6, 6.07) is 0.741. The molecule has 1 aromatic rings.